The lowest BCUT2D eigenvalue weighted by Gasteiger charge is -2.10. The fourth-order valence-electron chi connectivity index (χ4n) is 1.07. The molecule has 0 saturated carbocycles. The van der Waals surface area contributed by atoms with E-state index in [1.807, 2.05) is 6.26 Å². The van der Waals surface area contributed by atoms with Gasteiger partial charge in [0.15, 0.2) is 0 Å². The summed E-state index contributed by atoms with van der Waals surface area (Å²) < 4.78 is 0. The molecule has 1 rings (SSSR count). The molecule has 6 heteroatoms. The Hall–Kier alpha value is -0.780. The van der Waals surface area contributed by atoms with Gasteiger partial charge in [-0.05, 0) is 30.6 Å². The van der Waals surface area contributed by atoms with Crippen LogP contribution in [-0.2, 0) is 4.79 Å². The summed E-state index contributed by atoms with van der Waals surface area (Å²) in [4.78, 5) is 15.6. The third-order valence-electron chi connectivity index (χ3n) is 1.94. The molecule has 0 saturated heterocycles. The molecule has 1 aromatic rings. The Morgan fingerprint density at radius 1 is 1.75 bits per heavy atom. The van der Waals surface area contributed by atoms with E-state index in [1.165, 1.54) is 6.20 Å². The van der Waals surface area contributed by atoms with E-state index in [2.05, 4.69) is 10.3 Å². The summed E-state index contributed by atoms with van der Waals surface area (Å²) in [7, 11) is 0. The van der Waals surface area contributed by atoms with Gasteiger partial charge in [0.05, 0.1) is 6.04 Å². The molecule has 0 radical (unpaired) electrons. The average molecular weight is 260 g/mol. The van der Waals surface area contributed by atoms with Crippen molar-refractivity contribution in [1.29, 1.82) is 0 Å². The van der Waals surface area contributed by atoms with E-state index in [-0.39, 0.29) is 5.91 Å². The molecule has 0 aromatic carbocycles. The van der Waals surface area contributed by atoms with Crippen LogP contribution in [0.3, 0.4) is 0 Å². The van der Waals surface area contributed by atoms with E-state index in [1.54, 1.807) is 23.9 Å². The molecule has 0 aliphatic heterocycles. The number of amides is 1. The van der Waals surface area contributed by atoms with E-state index < -0.39 is 6.04 Å². The molecule has 3 N–H and O–H groups in total. The van der Waals surface area contributed by atoms with Crippen LogP contribution in [0.25, 0.3) is 0 Å². The quantitative estimate of drug-likeness (QED) is 0.846. The van der Waals surface area contributed by atoms with Crippen LogP contribution in [0.2, 0.25) is 5.02 Å². The Balaban J connectivity index is 2.50. The highest BCUT2D eigenvalue weighted by Crippen LogP contribution is 2.12. The van der Waals surface area contributed by atoms with Crippen LogP contribution in [0, 0.1) is 0 Å². The number of pyridine rings is 1. The first-order valence-corrected chi connectivity index (χ1v) is 6.57. The molecule has 1 atom stereocenters. The Kier molecular flexibility index (Phi) is 5.59. The summed E-state index contributed by atoms with van der Waals surface area (Å²) in [5.41, 5.74) is 5.70. The zero-order valence-electron chi connectivity index (χ0n) is 8.94. The molecule has 0 unspecified atom stereocenters. The lowest BCUT2D eigenvalue weighted by Crippen LogP contribution is -2.36. The van der Waals surface area contributed by atoms with Gasteiger partial charge in [-0.2, -0.15) is 11.8 Å². The van der Waals surface area contributed by atoms with E-state index in [0.717, 1.165) is 5.75 Å². The van der Waals surface area contributed by atoms with Gasteiger partial charge in [0.1, 0.15) is 5.82 Å². The molecular weight excluding hydrogens is 246 g/mol. The van der Waals surface area contributed by atoms with Crippen molar-refractivity contribution in [1.82, 2.24) is 4.98 Å². The summed E-state index contributed by atoms with van der Waals surface area (Å²) in [6, 6.07) is 2.72. The number of carbonyl (C=O) groups is 1. The van der Waals surface area contributed by atoms with Crippen molar-refractivity contribution in [2.45, 2.75) is 12.5 Å². The normalized spacial score (nSPS) is 12.2. The summed E-state index contributed by atoms with van der Waals surface area (Å²) in [6.07, 6.45) is 4.15. The van der Waals surface area contributed by atoms with Gasteiger partial charge < -0.3 is 11.1 Å². The molecule has 16 heavy (non-hydrogen) atoms. The van der Waals surface area contributed by atoms with Gasteiger partial charge in [0.25, 0.3) is 0 Å². The first-order chi connectivity index (χ1) is 7.63. The number of aromatic nitrogens is 1. The van der Waals surface area contributed by atoms with Gasteiger partial charge in [-0.1, -0.05) is 11.6 Å². The zero-order valence-corrected chi connectivity index (χ0v) is 10.5. The number of nitrogens with zero attached hydrogens (tertiary/aromatic N) is 1. The van der Waals surface area contributed by atoms with Gasteiger partial charge in [0.2, 0.25) is 5.91 Å². The van der Waals surface area contributed by atoms with Crippen LogP contribution in [0.1, 0.15) is 6.42 Å². The third-order valence-corrected chi connectivity index (χ3v) is 2.82. The van der Waals surface area contributed by atoms with Crippen molar-refractivity contribution >= 4 is 35.1 Å². The Morgan fingerprint density at radius 3 is 3.12 bits per heavy atom. The third kappa shape index (κ3) is 4.38. The highest BCUT2D eigenvalue weighted by molar-refractivity contribution is 7.98. The van der Waals surface area contributed by atoms with Crippen molar-refractivity contribution in [2.75, 3.05) is 17.3 Å². The maximum atomic E-state index is 11.6. The van der Waals surface area contributed by atoms with Crippen molar-refractivity contribution in [3.63, 3.8) is 0 Å². The minimum absolute atomic E-state index is 0.233. The summed E-state index contributed by atoms with van der Waals surface area (Å²) in [5.74, 6) is 1.05. The molecule has 88 valence electrons. The van der Waals surface area contributed by atoms with Gasteiger partial charge >= 0.3 is 0 Å². The maximum absolute atomic E-state index is 11.6. The van der Waals surface area contributed by atoms with Crippen LogP contribution < -0.4 is 11.1 Å². The van der Waals surface area contributed by atoms with Gasteiger partial charge in [-0.15, -0.1) is 0 Å². The monoisotopic (exact) mass is 259 g/mol. The fraction of sp³-hybridized carbons (Fsp3) is 0.400. The average Bonchev–Trinajstić information content (AvgIpc) is 2.25. The standard InChI is InChI=1S/C10H14ClN3OS/c1-16-5-3-8(12)10(15)14-9-6-7(11)2-4-13-9/h2,4,6,8H,3,5,12H2,1H3,(H,13,14,15)/t8-/m0/s1. The minimum atomic E-state index is -0.506. The topological polar surface area (TPSA) is 68.0 Å². The smallest absolute Gasteiger partial charge is 0.242 e. The van der Waals surface area contributed by atoms with Crippen molar-refractivity contribution in [2.24, 2.45) is 5.73 Å². The van der Waals surface area contributed by atoms with E-state index in [4.69, 9.17) is 17.3 Å². The maximum Gasteiger partial charge on any atom is 0.242 e. The fourth-order valence-corrected chi connectivity index (χ4v) is 1.72. The van der Waals surface area contributed by atoms with Crippen molar-refractivity contribution < 1.29 is 4.79 Å². The number of halogens is 1. The minimum Gasteiger partial charge on any atom is -0.320 e. The van der Waals surface area contributed by atoms with Crippen molar-refractivity contribution in [3.05, 3.63) is 23.4 Å². The zero-order chi connectivity index (χ0) is 12.0. The van der Waals surface area contributed by atoms with Crippen LogP contribution >= 0.6 is 23.4 Å². The number of nitrogens with one attached hydrogen (secondary N) is 1. The Labute approximate surface area is 104 Å². The number of rotatable bonds is 5. The largest absolute Gasteiger partial charge is 0.320 e. The Bertz CT molecular complexity index is 362. The van der Waals surface area contributed by atoms with Crippen LogP contribution in [0.5, 0.6) is 0 Å². The number of carbonyl (C=O) groups excluding carboxylic acids is 1. The van der Waals surface area contributed by atoms with E-state index >= 15 is 0 Å². The number of anilines is 1. The van der Waals surface area contributed by atoms with Crippen LogP contribution in [0.15, 0.2) is 18.3 Å². The lowest BCUT2D eigenvalue weighted by molar-refractivity contribution is -0.117. The Morgan fingerprint density at radius 2 is 2.50 bits per heavy atom. The molecule has 1 amide bonds. The molecule has 0 bridgehead atoms. The van der Waals surface area contributed by atoms with E-state index in [9.17, 15) is 4.79 Å². The second-order valence-electron chi connectivity index (χ2n) is 3.24. The molecular formula is C10H14ClN3OS. The number of thioether (sulfide) groups is 1. The first kappa shape index (κ1) is 13.3. The predicted octanol–water partition coefficient (Wildman–Crippen LogP) is 1.75. The number of nitrogens with two attached hydrogens (primary N) is 1. The second-order valence-corrected chi connectivity index (χ2v) is 4.66. The van der Waals surface area contributed by atoms with Crippen molar-refractivity contribution in [3.8, 4) is 0 Å². The molecule has 1 aromatic heterocycles. The summed E-state index contributed by atoms with van der Waals surface area (Å²) in [6.45, 7) is 0. The predicted molar refractivity (Wildman–Crippen MR) is 68.9 cm³/mol. The summed E-state index contributed by atoms with van der Waals surface area (Å²) in [5, 5.41) is 3.15. The highest BCUT2D eigenvalue weighted by Gasteiger charge is 2.13. The molecule has 0 spiro atoms. The SMILES string of the molecule is CSCC[C@H](N)C(=O)Nc1cc(Cl)ccn1. The number of hydrogen-bond acceptors (Lipinski definition) is 4. The molecule has 0 aliphatic rings. The first-order valence-electron chi connectivity index (χ1n) is 4.80. The van der Waals surface area contributed by atoms with Gasteiger partial charge in [-0.3, -0.25) is 4.79 Å². The van der Waals surface area contributed by atoms with Gasteiger partial charge in [-0.25, -0.2) is 4.98 Å². The van der Waals surface area contributed by atoms with Gasteiger partial charge in [0, 0.05) is 11.2 Å². The highest BCUT2D eigenvalue weighted by atomic mass is 35.5. The molecule has 4 nitrogen and oxygen atoms in total. The lowest BCUT2D eigenvalue weighted by atomic mass is 10.2. The summed E-state index contributed by atoms with van der Waals surface area (Å²) >= 11 is 7.42. The molecule has 0 aliphatic carbocycles. The molecule has 0 fully saturated rings. The van der Waals surface area contributed by atoms with E-state index in [0.29, 0.717) is 17.3 Å². The number of hydrogen-bond donors (Lipinski definition) is 2. The van der Waals surface area contributed by atoms with Crippen LogP contribution in [-0.4, -0.2) is 28.9 Å². The van der Waals surface area contributed by atoms with Crippen LogP contribution in [0.4, 0.5) is 5.82 Å². The second kappa shape index (κ2) is 6.73. The molecule has 1 heterocycles.